The number of carbonyl (C=O) groups is 2. The lowest BCUT2D eigenvalue weighted by Crippen LogP contribution is -2.54. The number of fused-ring (bicyclic) bond motifs is 7. The average Bonchev–Trinajstić information content (AvgIpc) is 3.73. The van der Waals surface area contributed by atoms with Crippen molar-refractivity contribution in [2.24, 2.45) is 0 Å². The van der Waals surface area contributed by atoms with E-state index in [1.807, 2.05) is 41.5 Å². The fourth-order valence-electron chi connectivity index (χ4n) is 9.36. The van der Waals surface area contributed by atoms with Crippen molar-refractivity contribution in [3.63, 3.8) is 0 Å². The van der Waals surface area contributed by atoms with Crippen LogP contribution in [0.4, 0.5) is 15.1 Å². The molecule has 2 fully saturated rings. The fraction of sp³-hybridized carbons (Fsp3) is 0.434. The highest BCUT2D eigenvalue weighted by Gasteiger charge is 2.35. The molecule has 3 aromatic heterocycles. The maximum absolute atomic E-state index is 14.4. The van der Waals surface area contributed by atoms with Crippen LogP contribution in [0.1, 0.15) is 62.9 Å². The van der Waals surface area contributed by atoms with E-state index >= 15 is 0 Å². The minimum absolute atomic E-state index is 0.0157. The van der Waals surface area contributed by atoms with Gasteiger partial charge in [-0.1, -0.05) is 35.3 Å². The largest absolute Gasteiger partial charge is 0.490 e. The number of anilines is 1. The fourth-order valence-corrected chi connectivity index (χ4v) is 11.0. The lowest BCUT2D eigenvalue weighted by molar-refractivity contribution is -0.145. The summed E-state index contributed by atoms with van der Waals surface area (Å²) < 4.78 is 46.3. The Kier molecular flexibility index (Phi) is 15.2. The molecule has 1 amide bonds. The van der Waals surface area contributed by atoms with Crippen molar-refractivity contribution in [3.8, 4) is 44.7 Å². The molecule has 0 radical (unpaired) electrons. The second-order valence-corrected chi connectivity index (χ2v) is 21.9. The Bertz CT molecular complexity index is 2980. The summed E-state index contributed by atoms with van der Waals surface area (Å²) in [5, 5.41) is 15.0. The second-order valence-electron chi connectivity index (χ2n) is 20.1. The second kappa shape index (κ2) is 21.4. The van der Waals surface area contributed by atoms with E-state index in [-0.39, 0.29) is 35.6 Å². The number of thiophene rings is 1. The van der Waals surface area contributed by atoms with Gasteiger partial charge in [-0.25, -0.2) is 33.9 Å². The highest BCUT2D eigenvalue weighted by atomic mass is 35.5. The van der Waals surface area contributed by atoms with Crippen molar-refractivity contribution in [1.82, 2.24) is 35.1 Å². The first-order valence-corrected chi connectivity index (χ1v) is 25.8. The molecule has 73 heavy (non-hydrogen) atoms. The third-order valence-electron chi connectivity index (χ3n) is 13.4. The van der Waals surface area contributed by atoms with Crippen molar-refractivity contribution < 1.29 is 42.8 Å². The molecule has 2 saturated heterocycles. The molecule has 0 spiro atoms. The van der Waals surface area contributed by atoms with E-state index in [0.29, 0.717) is 110 Å². The maximum Gasteiger partial charge on any atom is 0.408 e. The molecule has 10 rings (SSSR count). The number of hydrogen-bond donors (Lipinski definition) is 2. The summed E-state index contributed by atoms with van der Waals surface area (Å²) in [7, 11) is 2.10. The van der Waals surface area contributed by atoms with Crippen LogP contribution in [0.2, 0.25) is 10.0 Å². The monoisotopic (exact) mass is 1060 g/mol. The molecule has 4 aliphatic rings. The van der Waals surface area contributed by atoms with E-state index in [1.54, 1.807) is 42.6 Å². The number of carbonyl (C=O) groups excluding carboxylic acids is 1. The highest BCUT2D eigenvalue weighted by molar-refractivity contribution is 7.22. The van der Waals surface area contributed by atoms with Crippen molar-refractivity contribution in [2.75, 3.05) is 64.4 Å². The predicted molar refractivity (Wildman–Crippen MR) is 279 cm³/mol. The number of amides is 1. The van der Waals surface area contributed by atoms with Gasteiger partial charge < -0.3 is 43.9 Å². The first-order valence-electron chi connectivity index (χ1n) is 24.3. The van der Waals surface area contributed by atoms with Crippen molar-refractivity contribution in [2.45, 2.75) is 90.8 Å². The van der Waals surface area contributed by atoms with Crippen LogP contribution in [0.3, 0.4) is 0 Å². The number of piperazine rings is 1. The molecule has 16 nitrogen and oxygen atoms in total. The van der Waals surface area contributed by atoms with Crippen LogP contribution in [-0.4, -0.2) is 130 Å². The van der Waals surface area contributed by atoms with E-state index < -0.39 is 41.2 Å². The molecular weight excluding hydrogens is 999 g/mol. The summed E-state index contributed by atoms with van der Waals surface area (Å²) in [6.07, 6.45) is 1.66. The van der Waals surface area contributed by atoms with Crippen LogP contribution in [0.15, 0.2) is 61.1 Å². The van der Waals surface area contributed by atoms with Crippen molar-refractivity contribution >= 4 is 62.8 Å². The van der Waals surface area contributed by atoms with Crippen molar-refractivity contribution in [1.29, 1.82) is 0 Å². The molecule has 7 heterocycles. The number of piperidine rings is 1. The number of carboxylic acid groups (broad SMARTS) is 1. The molecular formula is C53H59Cl2FN8O8S. The Morgan fingerprint density at radius 2 is 1.66 bits per heavy atom. The van der Waals surface area contributed by atoms with Gasteiger partial charge in [0.05, 0.1) is 21.1 Å². The first kappa shape index (κ1) is 51.8. The molecule has 4 aliphatic heterocycles. The van der Waals surface area contributed by atoms with Crippen LogP contribution in [0, 0.1) is 19.7 Å². The summed E-state index contributed by atoms with van der Waals surface area (Å²) in [6, 6.07) is 13.1. The van der Waals surface area contributed by atoms with Gasteiger partial charge >= 0.3 is 12.1 Å². The summed E-state index contributed by atoms with van der Waals surface area (Å²) in [5.74, 6) is 0.0229. The number of aromatic nitrogens is 4. The third-order valence-corrected chi connectivity index (χ3v) is 15.4. The molecule has 0 aliphatic carbocycles. The molecule has 0 saturated carbocycles. The summed E-state index contributed by atoms with van der Waals surface area (Å²) >= 11 is 16.0. The van der Waals surface area contributed by atoms with Crippen molar-refractivity contribution in [3.05, 3.63) is 99.3 Å². The number of hydrogen-bond acceptors (Lipinski definition) is 15. The molecule has 3 aromatic carbocycles. The summed E-state index contributed by atoms with van der Waals surface area (Å²) in [4.78, 5) is 52.5. The smallest absolute Gasteiger partial charge is 0.408 e. The molecule has 6 aromatic rings. The Hall–Kier alpha value is -6.05. The zero-order chi connectivity index (χ0) is 51.8. The van der Waals surface area contributed by atoms with Gasteiger partial charge in [0.2, 0.25) is 17.9 Å². The molecule has 0 unspecified atom stereocenters. The van der Waals surface area contributed by atoms with Gasteiger partial charge in [-0.15, -0.1) is 11.3 Å². The topological polar surface area (TPSA) is 174 Å². The van der Waals surface area contributed by atoms with Gasteiger partial charge in [-0.2, -0.15) is 0 Å². The number of ether oxygens (including phenoxy) is 5. The zero-order valence-electron chi connectivity index (χ0n) is 41.9. The molecule has 4 bridgehead atoms. The minimum atomic E-state index is -1.49. The Morgan fingerprint density at radius 1 is 0.945 bits per heavy atom. The Labute approximate surface area is 437 Å². The van der Waals surface area contributed by atoms with Crippen LogP contribution >= 0.6 is 34.5 Å². The third kappa shape index (κ3) is 11.8. The van der Waals surface area contributed by atoms with E-state index in [2.05, 4.69) is 42.0 Å². The SMILES string of the molecule is Cc1c(Cl)c2c(Cl)c(C)c1-c1c(-c3ccc(F)cc3)sc3ncnc(c13)O[C@@H](C(=O)O)Cc1cc(ccc1OCc1ccnc(N3CCC(C)(NC(=O)OC(C)(C)C)CC3)n1)OC[C@@H](CN1CCN(C)CC1)O2. The van der Waals surface area contributed by atoms with Gasteiger partial charge in [0.15, 0.2) is 5.75 Å². The van der Waals surface area contributed by atoms with Crippen LogP contribution in [0.25, 0.3) is 31.8 Å². The highest BCUT2D eigenvalue weighted by Crippen LogP contribution is 2.53. The lowest BCUT2D eigenvalue weighted by atomic mass is 9.90. The van der Waals surface area contributed by atoms with Crippen LogP contribution in [0.5, 0.6) is 23.1 Å². The molecule has 386 valence electrons. The quantitative estimate of drug-likeness (QED) is 0.140. The van der Waals surface area contributed by atoms with Crippen LogP contribution < -0.4 is 29.2 Å². The number of benzene rings is 3. The van der Waals surface area contributed by atoms with Gasteiger partial charge in [-0.05, 0) is 120 Å². The molecule has 2 atom stereocenters. The number of aliphatic carboxylic acids is 1. The Balaban J connectivity index is 1.07. The van der Waals surface area contributed by atoms with E-state index in [4.69, 9.17) is 51.9 Å². The first-order chi connectivity index (χ1) is 34.8. The molecule has 20 heteroatoms. The summed E-state index contributed by atoms with van der Waals surface area (Å²) in [6.45, 7) is 16.5. The van der Waals surface area contributed by atoms with E-state index in [9.17, 15) is 19.1 Å². The summed E-state index contributed by atoms with van der Waals surface area (Å²) in [5.41, 5.74) is 3.24. The van der Waals surface area contributed by atoms with Crippen LogP contribution in [-0.2, 0) is 22.6 Å². The average molecular weight is 1060 g/mol. The van der Waals surface area contributed by atoms with Gasteiger partial charge in [0.1, 0.15) is 53.4 Å². The number of halogens is 3. The maximum atomic E-state index is 14.4. The minimum Gasteiger partial charge on any atom is -0.490 e. The van der Waals surface area contributed by atoms with E-state index in [0.717, 1.165) is 26.2 Å². The number of nitrogens with one attached hydrogen (secondary N) is 1. The number of alkyl carbamates (subject to hydrolysis) is 1. The number of carboxylic acids is 1. The van der Waals surface area contributed by atoms with Gasteiger partial charge in [0, 0.05) is 80.0 Å². The molecule has 2 N–H and O–H groups in total. The zero-order valence-corrected chi connectivity index (χ0v) is 44.2. The normalized spacial score (nSPS) is 18.6. The van der Waals surface area contributed by atoms with Gasteiger partial charge in [-0.3, -0.25) is 4.90 Å². The standard InChI is InChI=1S/C53H59Cl2FN8O8S/c1-30-40-31(2)44(55)45(43(30)54)70-37(26-63-22-20-62(7)21-23-63)28-68-36-12-13-38(69-27-35-14-17-57-50(60-35)64-18-15-53(6,16-19-64)61-51(67)72-52(3,4)5)33(24-36)25-39(49(65)66)71-47-42-41(40)46(73-48(42)59-29-58-47)32-8-10-34(56)11-9-32/h8-14,17,24,29,37,39H,15-16,18-23,25-28H2,1-7H3,(H,61,67)(H,65,66)/t37-,39-/m1/s1. The number of nitrogens with zero attached hydrogens (tertiary/aromatic N) is 7. The van der Waals surface area contributed by atoms with Gasteiger partial charge in [0.25, 0.3) is 0 Å². The van der Waals surface area contributed by atoms with E-state index in [1.165, 1.54) is 29.8 Å². The lowest BCUT2D eigenvalue weighted by Gasteiger charge is -2.40. The number of likely N-dealkylation sites (N-methyl/N-ethyl adjacent to an activating group) is 1. The predicted octanol–water partition coefficient (Wildman–Crippen LogP) is 9.80. The number of rotatable bonds is 9. The Morgan fingerprint density at radius 3 is 2.34 bits per heavy atom.